The Morgan fingerprint density at radius 2 is 1.52 bits per heavy atom. The third-order valence-corrected chi connectivity index (χ3v) is 3.82. The Hall–Kier alpha value is -2.83. The van der Waals surface area contributed by atoms with Crippen LogP contribution in [-0.4, -0.2) is 24.5 Å². The van der Waals surface area contributed by atoms with Crippen molar-refractivity contribution in [1.29, 1.82) is 0 Å². The molecule has 0 fully saturated rings. The fraction of sp³-hybridized carbons (Fsp3) is 0.300. The normalized spacial score (nSPS) is 11.1. The summed E-state index contributed by atoms with van der Waals surface area (Å²) >= 11 is 0. The molecule has 27 heavy (non-hydrogen) atoms. The van der Waals surface area contributed by atoms with Crippen molar-refractivity contribution in [2.45, 2.75) is 32.4 Å². The predicted octanol–water partition coefficient (Wildman–Crippen LogP) is 4.11. The molecule has 4 nitrogen and oxygen atoms in total. The number of hydrogen-bond acceptors (Lipinski definition) is 2. The summed E-state index contributed by atoms with van der Waals surface area (Å²) in [6.45, 7) is 0.737. The highest BCUT2D eigenvalue weighted by atomic mass is 19.4. The van der Waals surface area contributed by atoms with E-state index in [0.717, 1.165) is 12.8 Å². The fourth-order valence-corrected chi connectivity index (χ4v) is 2.47. The van der Waals surface area contributed by atoms with Gasteiger partial charge in [-0.3, -0.25) is 9.59 Å². The van der Waals surface area contributed by atoms with Gasteiger partial charge in [0.2, 0.25) is 5.91 Å². The molecule has 0 aromatic heterocycles. The maximum absolute atomic E-state index is 12.2. The number of rotatable bonds is 7. The highest BCUT2D eigenvalue weighted by molar-refractivity contribution is 6.04. The predicted molar refractivity (Wildman–Crippen MR) is 97.6 cm³/mol. The molecule has 0 saturated heterocycles. The monoisotopic (exact) mass is 378 g/mol. The molecule has 2 amide bonds. The molecule has 7 heteroatoms. The van der Waals surface area contributed by atoms with Gasteiger partial charge in [-0.05, 0) is 41.8 Å². The number of amides is 2. The van der Waals surface area contributed by atoms with Gasteiger partial charge in [-0.1, -0.05) is 37.6 Å². The van der Waals surface area contributed by atoms with Crippen molar-refractivity contribution in [2.24, 2.45) is 0 Å². The van der Waals surface area contributed by atoms with Gasteiger partial charge in [0.1, 0.15) is 6.54 Å². The molecule has 0 spiro atoms. The van der Waals surface area contributed by atoms with E-state index in [4.69, 9.17) is 0 Å². The fourth-order valence-electron chi connectivity index (χ4n) is 2.47. The lowest BCUT2D eigenvalue weighted by Gasteiger charge is -2.09. The van der Waals surface area contributed by atoms with Gasteiger partial charge >= 0.3 is 6.18 Å². The van der Waals surface area contributed by atoms with E-state index < -0.39 is 18.6 Å². The molecule has 0 unspecified atom stereocenters. The third kappa shape index (κ3) is 7.13. The smallest absolute Gasteiger partial charge is 0.347 e. The van der Waals surface area contributed by atoms with E-state index in [2.05, 4.69) is 12.2 Å². The lowest BCUT2D eigenvalue weighted by molar-refractivity contribution is -0.138. The zero-order valence-corrected chi connectivity index (χ0v) is 14.9. The van der Waals surface area contributed by atoms with Crippen molar-refractivity contribution in [2.75, 3.05) is 11.9 Å². The molecule has 0 saturated carbocycles. The minimum Gasteiger partial charge on any atom is -0.347 e. The number of halogens is 3. The molecular weight excluding hydrogens is 357 g/mol. The van der Waals surface area contributed by atoms with Gasteiger partial charge in [-0.15, -0.1) is 0 Å². The van der Waals surface area contributed by atoms with Crippen molar-refractivity contribution in [3.8, 4) is 0 Å². The molecule has 0 heterocycles. The standard InChI is InChI=1S/C20H21F3N2O2/c1-2-3-14-4-8-16(9-5-14)19(27)25-17-10-6-15(7-11-17)12-18(26)24-13-20(21,22)23/h4-11H,2-3,12-13H2,1H3,(H,24,26)(H,25,27). The molecule has 2 rings (SSSR count). The van der Waals surface area contributed by atoms with Crippen molar-refractivity contribution in [3.63, 3.8) is 0 Å². The summed E-state index contributed by atoms with van der Waals surface area (Å²) in [7, 11) is 0. The van der Waals surface area contributed by atoms with Crippen LogP contribution in [0.1, 0.15) is 34.8 Å². The first-order valence-corrected chi connectivity index (χ1v) is 8.59. The maximum Gasteiger partial charge on any atom is 0.405 e. The van der Waals surface area contributed by atoms with Gasteiger partial charge in [-0.2, -0.15) is 13.2 Å². The number of alkyl halides is 3. The largest absolute Gasteiger partial charge is 0.405 e. The molecule has 0 aliphatic rings. The highest BCUT2D eigenvalue weighted by Gasteiger charge is 2.27. The van der Waals surface area contributed by atoms with Crippen LogP contribution in [0.15, 0.2) is 48.5 Å². The molecule has 144 valence electrons. The summed E-state index contributed by atoms with van der Waals surface area (Å²) in [5.74, 6) is -0.968. The number of carbonyl (C=O) groups is 2. The number of benzene rings is 2. The topological polar surface area (TPSA) is 58.2 Å². The quantitative estimate of drug-likeness (QED) is 0.762. The Balaban J connectivity index is 1.89. The van der Waals surface area contributed by atoms with Crippen molar-refractivity contribution >= 4 is 17.5 Å². The lowest BCUT2D eigenvalue weighted by atomic mass is 10.1. The number of hydrogen-bond donors (Lipinski definition) is 2. The average Bonchev–Trinajstić information content (AvgIpc) is 2.62. The van der Waals surface area contributed by atoms with Crippen LogP contribution >= 0.6 is 0 Å². The lowest BCUT2D eigenvalue weighted by Crippen LogP contribution is -2.34. The minimum absolute atomic E-state index is 0.163. The van der Waals surface area contributed by atoms with E-state index in [1.807, 2.05) is 17.4 Å². The van der Waals surface area contributed by atoms with Crippen molar-refractivity contribution in [3.05, 3.63) is 65.2 Å². The number of anilines is 1. The van der Waals surface area contributed by atoms with E-state index in [9.17, 15) is 22.8 Å². The molecule has 0 bridgehead atoms. The summed E-state index contributed by atoms with van der Waals surface area (Å²) < 4.78 is 36.2. The second kappa shape index (κ2) is 9.21. The van der Waals surface area contributed by atoms with Crippen molar-refractivity contribution < 1.29 is 22.8 Å². The summed E-state index contributed by atoms with van der Waals surface area (Å²) in [4.78, 5) is 23.7. The van der Waals surface area contributed by atoms with Crippen LogP contribution in [0, 0.1) is 0 Å². The van der Waals surface area contributed by atoms with Gasteiger partial charge in [0.15, 0.2) is 0 Å². The van der Waals surface area contributed by atoms with E-state index >= 15 is 0 Å². The molecule has 2 aromatic rings. The van der Waals surface area contributed by atoms with Crippen LogP contribution in [0.3, 0.4) is 0 Å². The first-order chi connectivity index (χ1) is 12.8. The SMILES string of the molecule is CCCc1ccc(C(=O)Nc2ccc(CC(=O)NCC(F)(F)F)cc2)cc1. The third-order valence-electron chi connectivity index (χ3n) is 3.82. The second-order valence-corrected chi connectivity index (χ2v) is 6.17. The first kappa shape index (κ1) is 20.5. The van der Waals surface area contributed by atoms with Crippen LogP contribution in [0.25, 0.3) is 0 Å². The van der Waals surface area contributed by atoms with Crippen LogP contribution in [-0.2, 0) is 17.6 Å². The zero-order valence-electron chi connectivity index (χ0n) is 14.9. The van der Waals surface area contributed by atoms with E-state index in [1.165, 1.54) is 5.56 Å². The Kier molecular flexibility index (Phi) is 6.98. The van der Waals surface area contributed by atoms with Crippen LogP contribution < -0.4 is 10.6 Å². The first-order valence-electron chi connectivity index (χ1n) is 8.59. The molecule has 2 N–H and O–H groups in total. The Morgan fingerprint density at radius 3 is 2.07 bits per heavy atom. The molecule has 0 aliphatic heterocycles. The minimum atomic E-state index is -4.43. The molecular formula is C20H21F3N2O2. The number of carbonyl (C=O) groups excluding carboxylic acids is 2. The van der Waals surface area contributed by atoms with E-state index in [-0.39, 0.29) is 12.3 Å². The number of nitrogens with one attached hydrogen (secondary N) is 2. The molecule has 0 atom stereocenters. The summed E-state index contributed by atoms with van der Waals surface area (Å²) in [5.41, 5.74) is 2.79. The zero-order chi connectivity index (χ0) is 19.9. The van der Waals surface area contributed by atoms with Gasteiger partial charge in [0.05, 0.1) is 6.42 Å². The van der Waals surface area contributed by atoms with Crippen LogP contribution in [0.5, 0.6) is 0 Å². The van der Waals surface area contributed by atoms with E-state index in [0.29, 0.717) is 16.8 Å². The highest BCUT2D eigenvalue weighted by Crippen LogP contribution is 2.14. The van der Waals surface area contributed by atoms with Crippen LogP contribution in [0.4, 0.5) is 18.9 Å². The molecule has 0 radical (unpaired) electrons. The number of aryl methyl sites for hydroxylation is 1. The summed E-state index contributed by atoms with van der Waals surface area (Å²) in [5, 5.41) is 4.57. The molecule has 0 aliphatic carbocycles. The Labute approximate surface area is 155 Å². The Morgan fingerprint density at radius 1 is 0.926 bits per heavy atom. The average molecular weight is 378 g/mol. The van der Waals surface area contributed by atoms with Crippen LogP contribution in [0.2, 0.25) is 0 Å². The Bertz CT molecular complexity index is 769. The molecule has 2 aromatic carbocycles. The van der Waals surface area contributed by atoms with E-state index in [1.54, 1.807) is 36.4 Å². The maximum atomic E-state index is 12.2. The summed E-state index contributed by atoms with van der Waals surface area (Å²) in [6.07, 6.45) is -2.60. The van der Waals surface area contributed by atoms with Gasteiger partial charge in [0.25, 0.3) is 5.91 Å². The van der Waals surface area contributed by atoms with Gasteiger partial charge < -0.3 is 10.6 Å². The van der Waals surface area contributed by atoms with Crippen molar-refractivity contribution in [1.82, 2.24) is 5.32 Å². The van der Waals surface area contributed by atoms with Gasteiger partial charge in [-0.25, -0.2) is 0 Å². The summed E-state index contributed by atoms with van der Waals surface area (Å²) in [6, 6.07) is 13.8. The van der Waals surface area contributed by atoms with Gasteiger partial charge in [0, 0.05) is 11.3 Å². The second-order valence-electron chi connectivity index (χ2n) is 6.17.